The maximum absolute atomic E-state index is 12.1. The van der Waals surface area contributed by atoms with Crippen LogP contribution in [-0.2, 0) is 6.61 Å². The van der Waals surface area contributed by atoms with E-state index in [9.17, 15) is 9.59 Å². The molecule has 27 heavy (non-hydrogen) atoms. The first-order chi connectivity index (χ1) is 13.2. The van der Waals surface area contributed by atoms with E-state index in [1.807, 2.05) is 48.7 Å². The number of hydrogen-bond donors (Lipinski definition) is 2. The van der Waals surface area contributed by atoms with Gasteiger partial charge in [-0.05, 0) is 54.8 Å². The summed E-state index contributed by atoms with van der Waals surface area (Å²) in [6, 6.07) is 19.5. The normalized spacial score (nSPS) is 10.3. The molecule has 0 saturated carbocycles. The highest BCUT2D eigenvalue weighted by Gasteiger charge is 2.13. The second-order valence-electron chi connectivity index (χ2n) is 5.50. The summed E-state index contributed by atoms with van der Waals surface area (Å²) in [7, 11) is 0. The lowest BCUT2D eigenvalue weighted by Crippen LogP contribution is -2.41. The number of hydrogen-bond acceptors (Lipinski definition) is 5. The van der Waals surface area contributed by atoms with Crippen LogP contribution < -0.4 is 15.6 Å². The molecule has 0 aliphatic carbocycles. The average Bonchev–Trinajstić information content (AvgIpc) is 3.20. The van der Waals surface area contributed by atoms with Crippen molar-refractivity contribution in [2.24, 2.45) is 0 Å². The maximum Gasteiger partial charge on any atom is 0.305 e. The third-order valence-electron chi connectivity index (χ3n) is 3.65. The van der Waals surface area contributed by atoms with Crippen molar-refractivity contribution in [1.29, 1.82) is 0 Å². The first-order valence-electron chi connectivity index (χ1n) is 8.17. The highest BCUT2D eigenvalue weighted by atomic mass is 32.2. The number of carbonyl (C=O) groups excluding carboxylic acids is 2. The van der Waals surface area contributed by atoms with Gasteiger partial charge in [-0.1, -0.05) is 18.2 Å². The zero-order valence-corrected chi connectivity index (χ0v) is 15.4. The number of rotatable bonds is 6. The van der Waals surface area contributed by atoms with Crippen molar-refractivity contribution < 1.29 is 18.7 Å². The van der Waals surface area contributed by atoms with Gasteiger partial charge >= 0.3 is 5.91 Å². The van der Waals surface area contributed by atoms with Gasteiger partial charge in [0.1, 0.15) is 18.1 Å². The SMILES string of the molecule is CSc1ccc(C(=O)NNC(=O)c2ccc(COc3ccccc3)o2)cc1. The van der Waals surface area contributed by atoms with Gasteiger partial charge in [0, 0.05) is 10.5 Å². The zero-order chi connectivity index (χ0) is 19.1. The Morgan fingerprint density at radius 1 is 0.926 bits per heavy atom. The molecule has 0 fully saturated rings. The molecule has 138 valence electrons. The second-order valence-corrected chi connectivity index (χ2v) is 6.38. The largest absolute Gasteiger partial charge is 0.486 e. The number of hydrazine groups is 1. The molecule has 0 bridgehead atoms. The first kappa shape index (κ1) is 18.6. The molecule has 2 amide bonds. The topological polar surface area (TPSA) is 80.6 Å². The van der Waals surface area contributed by atoms with Crippen molar-refractivity contribution in [1.82, 2.24) is 10.9 Å². The fraction of sp³-hybridized carbons (Fsp3) is 0.100. The Labute approximate surface area is 160 Å². The predicted octanol–water partition coefficient (Wildman–Crippen LogP) is 3.66. The van der Waals surface area contributed by atoms with E-state index in [0.717, 1.165) is 4.90 Å². The van der Waals surface area contributed by atoms with Gasteiger partial charge in [0.15, 0.2) is 5.76 Å². The highest BCUT2D eigenvalue weighted by molar-refractivity contribution is 7.98. The molecule has 0 saturated heterocycles. The molecule has 6 nitrogen and oxygen atoms in total. The molecule has 1 heterocycles. The zero-order valence-electron chi connectivity index (χ0n) is 14.6. The van der Waals surface area contributed by atoms with E-state index < -0.39 is 11.8 Å². The Morgan fingerprint density at radius 2 is 1.63 bits per heavy atom. The van der Waals surface area contributed by atoms with E-state index in [4.69, 9.17) is 9.15 Å². The Balaban J connectivity index is 1.50. The number of furan rings is 1. The summed E-state index contributed by atoms with van der Waals surface area (Å²) >= 11 is 1.59. The van der Waals surface area contributed by atoms with Crippen LogP contribution in [0.1, 0.15) is 26.7 Å². The summed E-state index contributed by atoms with van der Waals surface area (Å²) in [6.07, 6.45) is 1.96. The lowest BCUT2D eigenvalue weighted by atomic mass is 10.2. The first-order valence-corrected chi connectivity index (χ1v) is 9.39. The molecule has 0 unspecified atom stereocenters. The highest BCUT2D eigenvalue weighted by Crippen LogP contribution is 2.15. The Morgan fingerprint density at radius 3 is 2.33 bits per heavy atom. The van der Waals surface area contributed by atoms with Crippen LogP contribution in [0.25, 0.3) is 0 Å². The van der Waals surface area contributed by atoms with Gasteiger partial charge in [0.05, 0.1) is 0 Å². The average molecular weight is 382 g/mol. The van der Waals surface area contributed by atoms with E-state index in [1.165, 1.54) is 6.07 Å². The molecule has 7 heteroatoms. The molecule has 0 radical (unpaired) electrons. The summed E-state index contributed by atoms with van der Waals surface area (Å²) in [5, 5.41) is 0. The lowest BCUT2D eigenvalue weighted by Gasteiger charge is -2.06. The Bertz CT molecular complexity index is 907. The van der Waals surface area contributed by atoms with Gasteiger partial charge in [-0.3, -0.25) is 20.4 Å². The van der Waals surface area contributed by atoms with Gasteiger partial charge in [-0.25, -0.2) is 0 Å². The van der Waals surface area contributed by atoms with Crippen molar-refractivity contribution >= 4 is 23.6 Å². The minimum absolute atomic E-state index is 0.0830. The minimum Gasteiger partial charge on any atom is -0.486 e. The minimum atomic E-state index is -0.546. The van der Waals surface area contributed by atoms with Gasteiger partial charge in [-0.2, -0.15) is 0 Å². The summed E-state index contributed by atoms with van der Waals surface area (Å²) < 4.78 is 11.0. The van der Waals surface area contributed by atoms with Gasteiger partial charge < -0.3 is 9.15 Å². The number of para-hydroxylation sites is 1. The van der Waals surface area contributed by atoms with Crippen LogP contribution in [-0.4, -0.2) is 18.1 Å². The van der Waals surface area contributed by atoms with Gasteiger partial charge in [0.25, 0.3) is 5.91 Å². The Hall–Kier alpha value is -3.19. The summed E-state index contributed by atoms with van der Waals surface area (Å²) in [5.74, 6) is 0.340. The van der Waals surface area contributed by atoms with Crippen molar-refractivity contribution in [3.8, 4) is 5.75 Å². The van der Waals surface area contributed by atoms with Crippen molar-refractivity contribution in [3.05, 3.63) is 83.8 Å². The molecule has 1 aromatic heterocycles. The molecule has 0 aliphatic rings. The van der Waals surface area contributed by atoms with Crippen LogP contribution in [0.3, 0.4) is 0 Å². The molecule has 0 spiro atoms. The van der Waals surface area contributed by atoms with Crippen molar-refractivity contribution in [2.75, 3.05) is 6.26 Å². The van der Waals surface area contributed by atoms with Crippen molar-refractivity contribution in [3.63, 3.8) is 0 Å². The summed E-state index contributed by atoms with van der Waals surface area (Å²) in [6.45, 7) is 0.200. The van der Waals surface area contributed by atoms with Crippen LogP contribution in [0.15, 0.2) is 76.0 Å². The number of thioether (sulfide) groups is 1. The molecule has 0 atom stereocenters. The Kier molecular flexibility index (Phi) is 6.17. The number of nitrogens with one attached hydrogen (secondary N) is 2. The maximum atomic E-state index is 12.1. The number of benzene rings is 2. The third kappa shape index (κ3) is 5.15. The fourth-order valence-electron chi connectivity index (χ4n) is 2.24. The van der Waals surface area contributed by atoms with Gasteiger partial charge in [0.2, 0.25) is 0 Å². The van der Waals surface area contributed by atoms with Crippen LogP contribution in [0.5, 0.6) is 5.75 Å². The third-order valence-corrected chi connectivity index (χ3v) is 4.40. The van der Waals surface area contributed by atoms with E-state index in [-0.39, 0.29) is 12.4 Å². The second kappa shape index (κ2) is 8.95. The van der Waals surface area contributed by atoms with Crippen LogP contribution in [0.4, 0.5) is 0 Å². The van der Waals surface area contributed by atoms with Crippen molar-refractivity contribution in [2.45, 2.75) is 11.5 Å². The van der Waals surface area contributed by atoms with Crippen LogP contribution in [0.2, 0.25) is 0 Å². The number of ether oxygens (including phenoxy) is 1. The fourth-order valence-corrected chi connectivity index (χ4v) is 2.65. The van der Waals surface area contributed by atoms with E-state index in [1.54, 1.807) is 30.0 Å². The molecular formula is C20H18N2O4S. The van der Waals surface area contributed by atoms with Crippen LogP contribution in [0, 0.1) is 0 Å². The standard InChI is InChI=1S/C20H18N2O4S/c1-27-17-10-7-14(8-11-17)19(23)21-22-20(24)18-12-9-16(26-18)13-25-15-5-3-2-4-6-15/h2-12H,13H2,1H3,(H,21,23)(H,22,24). The monoisotopic (exact) mass is 382 g/mol. The molecule has 2 aromatic carbocycles. The molecule has 2 N–H and O–H groups in total. The molecule has 3 aromatic rings. The van der Waals surface area contributed by atoms with E-state index in [0.29, 0.717) is 17.1 Å². The molecule has 3 rings (SSSR count). The predicted molar refractivity (Wildman–Crippen MR) is 103 cm³/mol. The summed E-state index contributed by atoms with van der Waals surface area (Å²) in [4.78, 5) is 25.2. The van der Waals surface area contributed by atoms with Crippen LogP contribution >= 0.6 is 11.8 Å². The number of carbonyl (C=O) groups is 2. The quantitative estimate of drug-likeness (QED) is 0.502. The van der Waals surface area contributed by atoms with E-state index in [2.05, 4.69) is 10.9 Å². The number of amides is 2. The summed E-state index contributed by atoms with van der Waals surface area (Å²) in [5.41, 5.74) is 5.15. The lowest BCUT2D eigenvalue weighted by molar-refractivity contribution is 0.0828. The molecular weight excluding hydrogens is 364 g/mol. The van der Waals surface area contributed by atoms with Gasteiger partial charge in [-0.15, -0.1) is 11.8 Å². The van der Waals surface area contributed by atoms with E-state index >= 15 is 0 Å². The molecule has 0 aliphatic heterocycles. The smallest absolute Gasteiger partial charge is 0.305 e.